The number of allylic oxidation sites excluding steroid dienone is 1. The Morgan fingerprint density at radius 2 is 2.09 bits per heavy atom. The summed E-state index contributed by atoms with van der Waals surface area (Å²) in [6, 6.07) is 11.0. The van der Waals surface area contributed by atoms with Gasteiger partial charge in [-0.2, -0.15) is 0 Å². The van der Waals surface area contributed by atoms with Gasteiger partial charge in [-0.05, 0) is 31.0 Å². The Balaban J connectivity index is 1.87. The van der Waals surface area contributed by atoms with Crippen LogP contribution in [0.25, 0.3) is 6.08 Å². The smallest absolute Gasteiger partial charge is 0.259 e. The number of hydrogen-bond acceptors (Lipinski definition) is 5. The molecule has 7 heteroatoms. The predicted octanol–water partition coefficient (Wildman–Crippen LogP) is 3.04. The first-order chi connectivity index (χ1) is 15.8. The van der Waals surface area contributed by atoms with E-state index >= 15 is 0 Å². The molecule has 2 aromatic rings. The van der Waals surface area contributed by atoms with Gasteiger partial charge in [-0.25, -0.2) is 4.98 Å². The van der Waals surface area contributed by atoms with E-state index in [1.54, 1.807) is 29.1 Å². The molecular formula is C26H33N3O4. The van der Waals surface area contributed by atoms with Crippen molar-refractivity contribution < 1.29 is 19.4 Å². The SMILES string of the molecule is C/C=C/c1cnc2c(c1)C(=O)N([C@H](C)CO)C[C@@H](C)[C@@H](CN(C)C(=O)Cc1ccccc1)O2. The van der Waals surface area contributed by atoms with E-state index in [0.717, 1.165) is 11.1 Å². The lowest BCUT2D eigenvalue weighted by atomic mass is 9.99. The zero-order valence-corrected chi connectivity index (χ0v) is 19.8. The molecular weight excluding hydrogens is 418 g/mol. The van der Waals surface area contributed by atoms with Gasteiger partial charge in [0.25, 0.3) is 5.91 Å². The highest BCUT2D eigenvalue weighted by molar-refractivity contribution is 5.97. The van der Waals surface area contributed by atoms with Crippen molar-refractivity contribution in [3.05, 3.63) is 65.4 Å². The quantitative estimate of drug-likeness (QED) is 0.700. The van der Waals surface area contributed by atoms with Crippen LogP contribution in [-0.4, -0.2) is 70.6 Å². The number of carbonyl (C=O) groups excluding carboxylic acids is 2. The minimum atomic E-state index is -0.366. The van der Waals surface area contributed by atoms with Gasteiger partial charge in [0, 0.05) is 25.7 Å². The van der Waals surface area contributed by atoms with E-state index in [9.17, 15) is 14.7 Å². The monoisotopic (exact) mass is 451 g/mol. The van der Waals surface area contributed by atoms with Crippen molar-refractivity contribution in [1.82, 2.24) is 14.8 Å². The van der Waals surface area contributed by atoms with Gasteiger partial charge in [0.05, 0.1) is 25.6 Å². The Kier molecular flexibility index (Phi) is 8.22. The number of pyridine rings is 1. The molecule has 2 amide bonds. The van der Waals surface area contributed by atoms with E-state index in [1.165, 1.54) is 0 Å². The second-order valence-electron chi connectivity index (χ2n) is 8.68. The first kappa shape index (κ1) is 24.5. The summed E-state index contributed by atoms with van der Waals surface area (Å²) in [4.78, 5) is 33.9. The third-order valence-electron chi connectivity index (χ3n) is 5.98. The number of rotatable bonds is 7. The Bertz CT molecular complexity index is 992. The average Bonchev–Trinajstić information content (AvgIpc) is 2.82. The molecule has 0 bridgehead atoms. The number of aliphatic hydroxyl groups excluding tert-OH is 1. The zero-order valence-electron chi connectivity index (χ0n) is 19.8. The summed E-state index contributed by atoms with van der Waals surface area (Å²) in [6.07, 6.45) is 5.36. The molecule has 1 N–H and O–H groups in total. The molecule has 0 aliphatic carbocycles. The summed E-state index contributed by atoms with van der Waals surface area (Å²) in [7, 11) is 1.77. The fourth-order valence-electron chi connectivity index (χ4n) is 3.90. The third kappa shape index (κ3) is 5.99. The van der Waals surface area contributed by atoms with Gasteiger partial charge in [0.2, 0.25) is 11.8 Å². The Hall–Kier alpha value is -3.19. The van der Waals surface area contributed by atoms with Crippen LogP contribution in [0.2, 0.25) is 0 Å². The molecule has 1 aliphatic heterocycles. The number of hydrogen-bond donors (Lipinski definition) is 1. The fraction of sp³-hybridized carbons (Fsp3) is 0.423. The van der Waals surface area contributed by atoms with Crippen LogP contribution in [0.5, 0.6) is 5.88 Å². The van der Waals surface area contributed by atoms with Gasteiger partial charge in [-0.1, -0.05) is 49.4 Å². The highest BCUT2D eigenvalue weighted by atomic mass is 16.5. The summed E-state index contributed by atoms with van der Waals surface area (Å²) in [5.74, 6) is -0.0551. The van der Waals surface area contributed by atoms with Crippen LogP contribution in [0.3, 0.4) is 0 Å². The number of carbonyl (C=O) groups is 2. The molecule has 33 heavy (non-hydrogen) atoms. The standard InChI is InChI=1S/C26H33N3O4/c1-5-9-21-12-22-25(27-14-21)33-23(18(2)15-29(26(22)32)19(3)17-30)16-28(4)24(31)13-20-10-7-6-8-11-20/h5-12,14,18-19,23,30H,13,15-17H2,1-4H3/b9-5+/t18-,19-,23-/m1/s1. The number of aliphatic hydroxyl groups is 1. The van der Waals surface area contributed by atoms with E-state index < -0.39 is 0 Å². The zero-order chi connectivity index (χ0) is 24.0. The van der Waals surface area contributed by atoms with Crippen LogP contribution in [0.15, 0.2) is 48.7 Å². The third-order valence-corrected chi connectivity index (χ3v) is 5.98. The van der Waals surface area contributed by atoms with Crippen LogP contribution in [0.4, 0.5) is 0 Å². The second kappa shape index (κ2) is 11.1. The van der Waals surface area contributed by atoms with Crippen LogP contribution in [-0.2, 0) is 11.2 Å². The van der Waals surface area contributed by atoms with Crippen LogP contribution >= 0.6 is 0 Å². The maximum Gasteiger partial charge on any atom is 0.259 e. The molecule has 1 aliphatic rings. The topological polar surface area (TPSA) is 83.0 Å². The minimum absolute atomic E-state index is 0.00710. The number of ether oxygens (including phenoxy) is 1. The van der Waals surface area contributed by atoms with Gasteiger partial charge in [0.1, 0.15) is 11.7 Å². The van der Waals surface area contributed by atoms with Crippen molar-refractivity contribution in [1.29, 1.82) is 0 Å². The molecule has 0 radical (unpaired) electrons. The number of nitrogens with zero attached hydrogens (tertiary/aromatic N) is 3. The molecule has 3 atom stereocenters. The number of benzene rings is 1. The minimum Gasteiger partial charge on any atom is -0.472 e. The molecule has 0 spiro atoms. The van der Waals surface area contributed by atoms with Gasteiger partial charge in [-0.15, -0.1) is 0 Å². The lowest BCUT2D eigenvalue weighted by Gasteiger charge is -2.37. The fourth-order valence-corrected chi connectivity index (χ4v) is 3.90. The maximum atomic E-state index is 13.3. The van der Waals surface area contributed by atoms with E-state index in [-0.39, 0.29) is 42.4 Å². The van der Waals surface area contributed by atoms with E-state index in [4.69, 9.17) is 4.74 Å². The normalized spacial score (nSPS) is 19.4. The molecule has 3 rings (SSSR count). The molecule has 1 aromatic heterocycles. The summed E-state index contributed by atoms with van der Waals surface area (Å²) >= 11 is 0. The largest absolute Gasteiger partial charge is 0.472 e. The highest BCUT2D eigenvalue weighted by Crippen LogP contribution is 2.27. The number of aromatic nitrogens is 1. The van der Waals surface area contributed by atoms with Gasteiger partial charge in [0.15, 0.2) is 0 Å². The van der Waals surface area contributed by atoms with Crippen molar-refractivity contribution in [3.63, 3.8) is 0 Å². The molecule has 0 saturated heterocycles. The molecule has 0 fully saturated rings. The molecule has 1 aromatic carbocycles. The van der Waals surface area contributed by atoms with E-state index in [1.807, 2.05) is 63.3 Å². The Morgan fingerprint density at radius 1 is 1.36 bits per heavy atom. The Labute approximate surface area is 195 Å². The van der Waals surface area contributed by atoms with Gasteiger partial charge >= 0.3 is 0 Å². The predicted molar refractivity (Wildman–Crippen MR) is 128 cm³/mol. The molecule has 0 saturated carbocycles. The summed E-state index contributed by atoms with van der Waals surface area (Å²) in [5, 5.41) is 9.76. The number of amides is 2. The summed E-state index contributed by atoms with van der Waals surface area (Å²) < 4.78 is 6.25. The average molecular weight is 452 g/mol. The second-order valence-corrected chi connectivity index (χ2v) is 8.68. The van der Waals surface area contributed by atoms with Crippen molar-refractivity contribution >= 4 is 17.9 Å². The first-order valence-corrected chi connectivity index (χ1v) is 11.3. The lowest BCUT2D eigenvalue weighted by Crippen LogP contribution is -2.50. The summed E-state index contributed by atoms with van der Waals surface area (Å²) in [5.41, 5.74) is 2.12. The molecule has 176 valence electrons. The maximum absolute atomic E-state index is 13.3. The van der Waals surface area contributed by atoms with Crippen molar-refractivity contribution in [2.24, 2.45) is 5.92 Å². The molecule has 2 heterocycles. The Morgan fingerprint density at radius 3 is 2.76 bits per heavy atom. The van der Waals surface area contributed by atoms with Crippen LogP contribution in [0, 0.1) is 5.92 Å². The molecule has 0 unspecified atom stereocenters. The first-order valence-electron chi connectivity index (χ1n) is 11.3. The molecule has 7 nitrogen and oxygen atoms in total. The van der Waals surface area contributed by atoms with Crippen molar-refractivity contribution in [2.75, 3.05) is 26.7 Å². The van der Waals surface area contributed by atoms with Gasteiger partial charge in [-0.3, -0.25) is 9.59 Å². The summed E-state index contributed by atoms with van der Waals surface area (Å²) in [6.45, 7) is 6.33. The highest BCUT2D eigenvalue weighted by Gasteiger charge is 2.34. The number of fused-ring (bicyclic) bond motifs is 1. The van der Waals surface area contributed by atoms with Crippen molar-refractivity contribution in [3.8, 4) is 5.88 Å². The lowest BCUT2D eigenvalue weighted by molar-refractivity contribution is -0.130. The van der Waals surface area contributed by atoms with E-state index in [2.05, 4.69) is 4.98 Å². The van der Waals surface area contributed by atoms with Gasteiger partial charge < -0.3 is 19.6 Å². The van der Waals surface area contributed by atoms with E-state index in [0.29, 0.717) is 25.1 Å². The van der Waals surface area contributed by atoms with Crippen molar-refractivity contribution in [2.45, 2.75) is 39.3 Å². The van der Waals surface area contributed by atoms with Crippen LogP contribution < -0.4 is 4.74 Å². The number of likely N-dealkylation sites (N-methyl/N-ethyl adjacent to an activating group) is 1. The van der Waals surface area contributed by atoms with Crippen LogP contribution in [0.1, 0.15) is 42.3 Å².